The van der Waals surface area contributed by atoms with Crippen molar-refractivity contribution in [3.8, 4) is 0 Å². The minimum atomic E-state index is -0.0100. The molecule has 162 valence electrons. The molecule has 3 rings (SSSR count). The van der Waals surface area contributed by atoms with Crippen molar-refractivity contribution in [2.45, 2.75) is 36.2 Å². The van der Waals surface area contributed by atoms with Crippen molar-refractivity contribution in [3.63, 3.8) is 0 Å². The number of hydrogen-bond donors (Lipinski definition) is 3. The van der Waals surface area contributed by atoms with Gasteiger partial charge in [0.05, 0.1) is 0 Å². The molecule has 6 heteroatoms. The van der Waals surface area contributed by atoms with E-state index >= 15 is 0 Å². The Balaban J connectivity index is 1.50. The van der Waals surface area contributed by atoms with E-state index in [-0.39, 0.29) is 11.6 Å². The van der Waals surface area contributed by atoms with Crippen molar-refractivity contribution >= 4 is 17.7 Å². The molecule has 1 aliphatic rings. The average molecular weight is 427 g/mol. The summed E-state index contributed by atoms with van der Waals surface area (Å²) >= 11 is 1.85. The van der Waals surface area contributed by atoms with Gasteiger partial charge in [0.15, 0.2) is 5.96 Å². The van der Waals surface area contributed by atoms with E-state index in [1.807, 2.05) is 24.9 Å². The first-order valence-electron chi connectivity index (χ1n) is 10.7. The van der Waals surface area contributed by atoms with Crippen molar-refractivity contribution in [2.75, 3.05) is 39.1 Å². The molecule has 0 aliphatic carbocycles. The standard InChI is InChI=1S/C24H34N4OS/c1-20(21-9-5-3-6-10-21)28-24(13-16-29-17-14-24)19-27-23(25-2)26-15-18-30-22-11-7-4-8-12-22/h3-12,20,28H,13-19H2,1-2H3,(H2,25,26,27). The van der Waals surface area contributed by atoms with Crippen molar-refractivity contribution < 1.29 is 4.74 Å². The van der Waals surface area contributed by atoms with E-state index in [2.05, 4.69) is 82.5 Å². The van der Waals surface area contributed by atoms with Gasteiger partial charge in [-0.1, -0.05) is 48.5 Å². The van der Waals surface area contributed by atoms with Crippen LogP contribution < -0.4 is 16.0 Å². The quantitative estimate of drug-likeness (QED) is 0.246. The molecule has 1 atom stereocenters. The first kappa shape index (κ1) is 22.7. The monoisotopic (exact) mass is 426 g/mol. The predicted octanol–water partition coefficient (Wildman–Crippen LogP) is 3.84. The summed E-state index contributed by atoms with van der Waals surface area (Å²) in [6.07, 6.45) is 1.97. The second kappa shape index (κ2) is 12.0. The number of guanidine groups is 1. The highest BCUT2D eigenvalue weighted by Crippen LogP contribution is 2.25. The third-order valence-corrected chi connectivity index (χ3v) is 6.51. The Labute approximate surface area is 185 Å². The van der Waals surface area contributed by atoms with Gasteiger partial charge in [-0.2, -0.15) is 0 Å². The second-order valence-electron chi connectivity index (χ2n) is 7.68. The molecule has 0 saturated carbocycles. The molecule has 0 amide bonds. The van der Waals surface area contributed by atoms with Crippen LogP contribution in [0.2, 0.25) is 0 Å². The zero-order valence-electron chi connectivity index (χ0n) is 18.1. The van der Waals surface area contributed by atoms with E-state index in [1.54, 1.807) is 0 Å². The highest BCUT2D eigenvalue weighted by molar-refractivity contribution is 7.99. The average Bonchev–Trinajstić information content (AvgIpc) is 2.80. The van der Waals surface area contributed by atoms with Gasteiger partial charge in [-0.25, -0.2) is 0 Å². The summed E-state index contributed by atoms with van der Waals surface area (Å²) in [5.74, 6) is 1.84. The molecule has 30 heavy (non-hydrogen) atoms. The van der Waals surface area contributed by atoms with Crippen LogP contribution in [0, 0.1) is 0 Å². The molecule has 1 aliphatic heterocycles. The van der Waals surface area contributed by atoms with Crippen LogP contribution in [0.5, 0.6) is 0 Å². The molecular weight excluding hydrogens is 392 g/mol. The van der Waals surface area contributed by atoms with E-state index in [0.29, 0.717) is 0 Å². The van der Waals surface area contributed by atoms with E-state index < -0.39 is 0 Å². The molecular formula is C24H34N4OS. The molecule has 0 radical (unpaired) electrons. The Bertz CT molecular complexity index is 763. The molecule has 1 saturated heterocycles. The largest absolute Gasteiger partial charge is 0.381 e. The fraction of sp³-hybridized carbons (Fsp3) is 0.458. The maximum Gasteiger partial charge on any atom is 0.191 e. The van der Waals surface area contributed by atoms with Crippen LogP contribution in [-0.4, -0.2) is 50.6 Å². The van der Waals surface area contributed by atoms with Crippen LogP contribution >= 0.6 is 11.8 Å². The molecule has 0 bridgehead atoms. The van der Waals surface area contributed by atoms with Crippen LogP contribution in [0.1, 0.15) is 31.4 Å². The molecule has 1 heterocycles. The number of nitrogens with zero attached hydrogens (tertiary/aromatic N) is 1. The fourth-order valence-corrected chi connectivity index (χ4v) is 4.54. The number of benzene rings is 2. The van der Waals surface area contributed by atoms with Gasteiger partial charge in [0.1, 0.15) is 0 Å². The first-order chi connectivity index (χ1) is 14.7. The number of nitrogens with one attached hydrogen (secondary N) is 3. The van der Waals surface area contributed by atoms with E-state index in [0.717, 1.165) is 50.9 Å². The topological polar surface area (TPSA) is 57.7 Å². The van der Waals surface area contributed by atoms with Crippen LogP contribution in [0.25, 0.3) is 0 Å². The molecule has 0 spiro atoms. The second-order valence-corrected chi connectivity index (χ2v) is 8.85. The molecule has 1 fully saturated rings. The summed E-state index contributed by atoms with van der Waals surface area (Å²) in [6, 6.07) is 21.4. The third kappa shape index (κ3) is 7.04. The van der Waals surface area contributed by atoms with E-state index in [4.69, 9.17) is 4.74 Å². The zero-order valence-corrected chi connectivity index (χ0v) is 18.9. The minimum Gasteiger partial charge on any atom is -0.381 e. The van der Waals surface area contributed by atoms with Crippen molar-refractivity contribution in [2.24, 2.45) is 4.99 Å². The summed E-state index contributed by atoms with van der Waals surface area (Å²) in [5, 5.41) is 10.9. The third-order valence-electron chi connectivity index (χ3n) is 5.50. The predicted molar refractivity (Wildman–Crippen MR) is 127 cm³/mol. The van der Waals surface area contributed by atoms with Crippen molar-refractivity contribution in [3.05, 3.63) is 66.2 Å². The van der Waals surface area contributed by atoms with Gasteiger partial charge in [0.2, 0.25) is 0 Å². The molecule has 5 nitrogen and oxygen atoms in total. The SMILES string of the molecule is CN=C(NCCSc1ccccc1)NCC1(NC(C)c2ccccc2)CCOCC1. The summed E-state index contributed by atoms with van der Waals surface area (Å²) in [6.45, 7) is 5.49. The number of rotatable bonds is 9. The Hall–Kier alpha value is -2.02. The molecule has 2 aromatic carbocycles. The van der Waals surface area contributed by atoms with Gasteiger partial charge in [0, 0.05) is 55.6 Å². The fourth-order valence-electron chi connectivity index (χ4n) is 3.75. The highest BCUT2D eigenvalue weighted by atomic mass is 32.2. The van der Waals surface area contributed by atoms with Crippen molar-refractivity contribution in [1.29, 1.82) is 0 Å². The Morgan fingerprint density at radius 2 is 1.70 bits per heavy atom. The van der Waals surface area contributed by atoms with E-state index in [9.17, 15) is 0 Å². The van der Waals surface area contributed by atoms with Crippen LogP contribution in [0.4, 0.5) is 0 Å². The van der Waals surface area contributed by atoms with Crippen LogP contribution in [0.3, 0.4) is 0 Å². The molecule has 3 N–H and O–H groups in total. The van der Waals surface area contributed by atoms with Gasteiger partial charge in [-0.3, -0.25) is 4.99 Å². The van der Waals surface area contributed by atoms with Gasteiger partial charge in [-0.15, -0.1) is 11.8 Å². The zero-order chi connectivity index (χ0) is 21.1. The highest BCUT2D eigenvalue weighted by Gasteiger charge is 2.34. The lowest BCUT2D eigenvalue weighted by Gasteiger charge is -2.41. The summed E-state index contributed by atoms with van der Waals surface area (Å²) in [4.78, 5) is 5.71. The maximum atomic E-state index is 5.65. The van der Waals surface area contributed by atoms with Crippen molar-refractivity contribution in [1.82, 2.24) is 16.0 Å². The lowest BCUT2D eigenvalue weighted by atomic mass is 9.88. The Morgan fingerprint density at radius 3 is 2.37 bits per heavy atom. The van der Waals surface area contributed by atoms with E-state index in [1.165, 1.54) is 10.5 Å². The molecule has 1 unspecified atom stereocenters. The minimum absolute atomic E-state index is 0.0100. The Morgan fingerprint density at radius 1 is 1.03 bits per heavy atom. The molecule has 0 aromatic heterocycles. The summed E-state index contributed by atoms with van der Waals surface area (Å²) < 4.78 is 5.65. The lowest BCUT2D eigenvalue weighted by Crippen LogP contribution is -2.58. The van der Waals surface area contributed by atoms with Gasteiger partial charge >= 0.3 is 0 Å². The number of hydrogen-bond acceptors (Lipinski definition) is 4. The van der Waals surface area contributed by atoms with Crippen LogP contribution in [0.15, 0.2) is 70.6 Å². The smallest absolute Gasteiger partial charge is 0.191 e. The van der Waals surface area contributed by atoms with Gasteiger partial charge in [-0.05, 0) is 37.5 Å². The maximum absolute atomic E-state index is 5.65. The number of aliphatic imine (C=N–C) groups is 1. The van der Waals surface area contributed by atoms with Gasteiger partial charge in [0.25, 0.3) is 0 Å². The molecule has 2 aromatic rings. The Kier molecular flexibility index (Phi) is 9.05. The first-order valence-corrected chi connectivity index (χ1v) is 11.7. The normalized spacial score (nSPS) is 17.3. The summed E-state index contributed by atoms with van der Waals surface area (Å²) in [7, 11) is 1.83. The summed E-state index contributed by atoms with van der Waals surface area (Å²) in [5.41, 5.74) is 1.30. The number of ether oxygens (including phenoxy) is 1. The lowest BCUT2D eigenvalue weighted by molar-refractivity contribution is 0.0355. The van der Waals surface area contributed by atoms with Crippen LogP contribution in [-0.2, 0) is 4.74 Å². The number of thioether (sulfide) groups is 1. The van der Waals surface area contributed by atoms with Gasteiger partial charge < -0.3 is 20.7 Å².